The number of Topliss-reactive ketones (excluding diaryl/α,β-unsaturated/α-hetero) is 1. The zero-order valence-electron chi connectivity index (χ0n) is 29.7. The maximum absolute atomic E-state index is 13.3. The summed E-state index contributed by atoms with van der Waals surface area (Å²) in [6, 6.07) is 18.2. The molecule has 0 spiro atoms. The van der Waals surface area contributed by atoms with Crippen molar-refractivity contribution in [1.82, 2.24) is 0 Å². The summed E-state index contributed by atoms with van der Waals surface area (Å²) in [5.74, 6) is 0.420. The molecule has 0 heterocycles. The zero-order valence-corrected chi connectivity index (χ0v) is 29.7. The molecule has 0 bridgehead atoms. The molecule has 0 amide bonds. The lowest BCUT2D eigenvalue weighted by molar-refractivity contribution is 0.0744. The normalized spacial score (nSPS) is 10.3. The first kappa shape index (κ1) is 42.2. The van der Waals surface area contributed by atoms with Crippen molar-refractivity contribution in [2.75, 3.05) is 28.4 Å². The molecule has 0 atom stereocenters. The fraction of sp³-hybridized carbons (Fsp3) is 0.308. The Hall–Kier alpha value is -4.83. The Bertz CT molecular complexity index is 1620. The number of ether oxygens (including phenoxy) is 4. The second-order valence-corrected chi connectivity index (χ2v) is 11.5. The number of carbonyl (C=O) groups is 1. The SMILES string of the molecule is C=C(C)c1ccc(OC)cc1F.COc1ccc(C(C)(C)O)c(F)c1.COc1ccc(C(C)=O)c(F)c1.COc1ccc(C(C)C)c(F)c1. The molecule has 10 heteroatoms. The minimum absolute atomic E-state index is 0.0933. The van der Waals surface area contributed by atoms with Gasteiger partial charge in [0.05, 0.1) is 39.6 Å². The molecule has 4 rings (SSSR count). The van der Waals surface area contributed by atoms with Gasteiger partial charge in [0.2, 0.25) is 0 Å². The van der Waals surface area contributed by atoms with E-state index in [1.807, 2.05) is 13.8 Å². The van der Waals surface area contributed by atoms with Crippen molar-refractivity contribution < 1.29 is 46.4 Å². The third-order valence-electron chi connectivity index (χ3n) is 6.86. The summed E-state index contributed by atoms with van der Waals surface area (Å²) < 4.78 is 72.0. The highest BCUT2D eigenvalue weighted by Gasteiger charge is 2.20. The van der Waals surface area contributed by atoms with Crippen molar-refractivity contribution in [3.05, 3.63) is 125 Å². The molecule has 4 aromatic rings. The summed E-state index contributed by atoms with van der Waals surface area (Å²) in [7, 11) is 5.96. The molecule has 0 aliphatic carbocycles. The van der Waals surface area contributed by atoms with Crippen LogP contribution in [0.3, 0.4) is 0 Å². The molecule has 4 aromatic carbocycles. The van der Waals surface area contributed by atoms with Crippen LogP contribution in [0.5, 0.6) is 23.0 Å². The van der Waals surface area contributed by atoms with Crippen LogP contribution in [0, 0.1) is 23.3 Å². The molecule has 0 saturated carbocycles. The lowest BCUT2D eigenvalue weighted by Gasteiger charge is -2.18. The van der Waals surface area contributed by atoms with Crippen molar-refractivity contribution in [1.29, 1.82) is 0 Å². The minimum Gasteiger partial charge on any atom is -0.497 e. The number of benzene rings is 4. The highest BCUT2D eigenvalue weighted by Crippen LogP contribution is 2.26. The van der Waals surface area contributed by atoms with Crippen molar-refractivity contribution in [3.8, 4) is 23.0 Å². The van der Waals surface area contributed by atoms with Crippen LogP contribution in [-0.4, -0.2) is 39.3 Å². The number of methoxy groups -OCH3 is 4. The van der Waals surface area contributed by atoms with E-state index in [2.05, 4.69) is 6.58 Å². The van der Waals surface area contributed by atoms with E-state index in [0.29, 0.717) is 28.6 Å². The second kappa shape index (κ2) is 19.9. The number of rotatable bonds is 8. The first-order chi connectivity index (χ1) is 22.9. The summed E-state index contributed by atoms with van der Waals surface area (Å²) in [5.41, 5.74) is 1.20. The Kier molecular flexibility index (Phi) is 17.1. The number of carbonyl (C=O) groups excluding carboxylic acids is 1. The van der Waals surface area contributed by atoms with Crippen molar-refractivity contribution in [2.45, 2.75) is 53.1 Å². The predicted octanol–water partition coefficient (Wildman–Crippen LogP) is 9.92. The fourth-order valence-electron chi connectivity index (χ4n) is 4.10. The average Bonchev–Trinajstić information content (AvgIpc) is 3.04. The van der Waals surface area contributed by atoms with Gasteiger partial charge in [-0.3, -0.25) is 4.79 Å². The maximum atomic E-state index is 13.3. The second-order valence-electron chi connectivity index (χ2n) is 11.5. The van der Waals surface area contributed by atoms with Gasteiger partial charge in [0.1, 0.15) is 46.3 Å². The van der Waals surface area contributed by atoms with Crippen LogP contribution in [0.25, 0.3) is 5.57 Å². The largest absolute Gasteiger partial charge is 0.497 e. The smallest absolute Gasteiger partial charge is 0.162 e. The standard InChI is InChI=1S/C10H13FO2.C10H13FO.C10H11FO.C9H9FO2/c1-10(2,12)8-5-4-7(13-3)6-9(8)11;2*1-7(2)9-5-4-8(12-3)6-10(9)11;1-6(11)8-4-3-7(12-2)5-9(8)10/h4-6,12H,1-3H3;4-7H,1-3H3;4-6H,1H2,2-3H3;3-5H,1-2H3. The number of halogens is 4. The molecule has 49 heavy (non-hydrogen) atoms. The Labute approximate surface area is 286 Å². The van der Waals surface area contributed by atoms with Crippen molar-refractivity contribution in [3.63, 3.8) is 0 Å². The van der Waals surface area contributed by atoms with Gasteiger partial charge in [-0.1, -0.05) is 26.5 Å². The van der Waals surface area contributed by atoms with E-state index in [1.165, 1.54) is 85.6 Å². The zero-order chi connectivity index (χ0) is 37.5. The molecule has 0 radical (unpaired) electrons. The lowest BCUT2D eigenvalue weighted by Crippen LogP contribution is -2.17. The Morgan fingerprint density at radius 3 is 1.31 bits per heavy atom. The van der Waals surface area contributed by atoms with Gasteiger partial charge < -0.3 is 24.1 Å². The van der Waals surface area contributed by atoms with Gasteiger partial charge in [0, 0.05) is 35.4 Å². The molecule has 6 nitrogen and oxygen atoms in total. The summed E-state index contributed by atoms with van der Waals surface area (Å²) in [6.45, 7) is 13.8. The third kappa shape index (κ3) is 13.7. The summed E-state index contributed by atoms with van der Waals surface area (Å²) in [4.78, 5) is 10.8. The van der Waals surface area contributed by atoms with Crippen molar-refractivity contribution in [2.24, 2.45) is 0 Å². The van der Waals surface area contributed by atoms with E-state index in [0.717, 1.165) is 11.1 Å². The van der Waals surface area contributed by atoms with Crippen LogP contribution in [0.1, 0.15) is 74.5 Å². The molecule has 0 aromatic heterocycles. The van der Waals surface area contributed by atoms with Crippen LogP contribution >= 0.6 is 0 Å². The molecule has 0 saturated heterocycles. The van der Waals surface area contributed by atoms with Gasteiger partial charge in [0.15, 0.2) is 5.78 Å². The molecular formula is C39H46F4O6. The first-order valence-electron chi connectivity index (χ1n) is 15.1. The molecule has 266 valence electrons. The predicted molar refractivity (Wildman–Crippen MR) is 186 cm³/mol. The molecule has 0 aliphatic rings. The summed E-state index contributed by atoms with van der Waals surface area (Å²) in [5, 5.41) is 9.55. The van der Waals surface area contributed by atoms with E-state index in [-0.39, 0.29) is 34.5 Å². The molecule has 1 N–H and O–H groups in total. The van der Waals surface area contributed by atoms with Crippen LogP contribution in [-0.2, 0) is 5.60 Å². The van der Waals surface area contributed by atoms with E-state index >= 15 is 0 Å². The average molecular weight is 687 g/mol. The number of hydrogen-bond donors (Lipinski definition) is 1. The summed E-state index contributed by atoms with van der Waals surface area (Å²) >= 11 is 0. The lowest BCUT2D eigenvalue weighted by atomic mass is 9.98. The number of allylic oxidation sites excluding steroid dienone is 1. The van der Waals surface area contributed by atoms with Gasteiger partial charge in [0.25, 0.3) is 0 Å². The van der Waals surface area contributed by atoms with Crippen LogP contribution < -0.4 is 18.9 Å². The Balaban J connectivity index is 0.000000327. The monoisotopic (exact) mass is 686 g/mol. The van der Waals surface area contributed by atoms with Crippen LogP contribution in [0.4, 0.5) is 17.6 Å². The summed E-state index contributed by atoms with van der Waals surface area (Å²) in [6.07, 6.45) is 0. The van der Waals surface area contributed by atoms with Gasteiger partial charge in [-0.25, -0.2) is 17.6 Å². The topological polar surface area (TPSA) is 74.2 Å². The van der Waals surface area contributed by atoms with Gasteiger partial charge in [-0.2, -0.15) is 0 Å². The molecule has 0 unspecified atom stereocenters. The van der Waals surface area contributed by atoms with E-state index < -0.39 is 17.2 Å². The first-order valence-corrected chi connectivity index (χ1v) is 15.1. The van der Waals surface area contributed by atoms with E-state index in [4.69, 9.17) is 18.9 Å². The molecular weight excluding hydrogens is 640 g/mol. The van der Waals surface area contributed by atoms with Gasteiger partial charge >= 0.3 is 0 Å². The Morgan fingerprint density at radius 2 is 1.00 bits per heavy atom. The quantitative estimate of drug-likeness (QED) is 0.147. The van der Waals surface area contributed by atoms with Crippen LogP contribution in [0.15, 0.2) is 79.4 Å². The fourth-order valence-corrected chi connectivity index (χ4v) is 4.10. The molecule has 0 fully saturated rings. The highest BCUT2D eigenvalue weighted by atomic mass is 19.1. The van der Waals surface area contributed by atoms with Crippen molar-refractivity contribution >= 4 is 11.4 Å². The minimum atomic E-state index is -1.16. The number of hydrogen-bond acceptors (Lipinski definition) is 6. The Morgan fingerprint density at radius 1 is 0.633 bits per heavy atom. The maximum Gasteiger partial charge on any atom is 0.162 e. The molecule has 0 aliphatic heterocycles. The number of aliphatic hydroxyl groups is 1. The van der Waals surface area contributed by atoms with E-state index in [9.17, 15) is 27.5 Å². The van der Waals surface area contributed by atoms with Crippen LogP contribution in [0.2, 0.25) is 0 Å². The van der Waals surface area contributed by atoms with E-state index in [1.54, 1.807) is 43.3 Å². The number of ketones is 1. The van der Waals surface area contributed by atoms with Gasteiger partial charge in [-0.05, 0) is 87.2 Å². The highest BCUT2D eigenvalue weighted by molar-refractivity contribution is 5.94. The third-order valence-corrected chi connectivity index (χ3v) is 6.86. The van der Waals surface area contributed by atoms with Gasteiger partial charge in [-0.15, -0.1) is 0 Å².